The van der Waals surface area contributed by atoms with Crippen LogP contribution in [0.5, 0.6) is 0 Å². The number of halogens is 15. The summed E-state index contributed by atoms with van der Waals surface area (Å²) in [5.74, 6) is -48.5. The van der Waals surface area contributed by atoms with Gasteiger partial charge in [-0.25, -0.2) is 4.79 Å². The first-order valence-electron chi connectivity index (χ1n) is 9.89. The molecule has 38 heavy (non-hydrogen) atoms. The number of carbonyl (C=O) groups is 1. The van der Waals surface area contributed by atoms with Gasteiger partial charge in [-0.2, -0.15) is 65.9 Å². The van der Waals surface area contributed by atoms with Gasteiger partial charge in [0.05, 0.1) is 24.2 Å². The highest BCUT2D eigenvalue weighted by Crippen LogP contribution is 2.63. The van der Waals surface area contributed by atoms with Crippen molar-refractivity contribution in [2.24, 2.45) is 0 Å². The molecule has 1 aromatic carbocycles. The second-order valence-electron chi connectivity index (χ2n) is 7.95. The van der Waals surface area contributed by atoms with Gasteiger partial charge < -0.3 is 9.47 Å². The van der Waals surface area contributed by atoms with Crippen LogP contribution in [0.3, 0.4) is 0 Å². The summed E-state index contributed by atoms with van der Waals surface area (Å²) in [4.78, 5) is 12.1. The summed E-state index contributed by atoms with van der Waals surface area (Å²) in [6.45, 7) is 1.42. The van der Waals surface area contributed by atoms with Gasteiger partial charge in [0.2, 0.25) is 0 Å². The Kier molecular flexibility index (Phi) is 8.82. The van der Waals surface area contributed by atoms with Crippen LogP contribution in [0.25, 0.3) is 0 Å². The van der Waals surface area contributed by atoms with Crippen LogP contribution in [0.1, 0.15) is 36.2 Å². The molecule has 0 saturated carbocycles. The Labute approximate surface area is 203 Å². The molecule has 0 aliphatic carbocycles. The number of alkyl halides is 15. The molecule has 18 heteroatoms. The minimum Gasteiger partial charge on any atom is -0.462 e. The van der Waals surface area contributed by atoms with Crippen LogP contribution < -0.4 is 0 Å². The fourth-order valence-electron chi connectivity index (χ4n) is 3.14. The minimum atomic E-state index is -8.39. The molecule has 0 heterocycles. The Bertz CT molecular complexity index is 1000. The molecule has 0 radical (unpaired) electrons. The van der Waals surface area contributed by atoms with E-state index in [2.05, 4.69) is 9.47 Å². The summed E-state index contributed by atoms with van der Waals surface area (Å²) in [7, 11) is 0.501. The van der Waals surface area contributed by atoms with E-state index in [1.165, 1.54) is 6.92 Å². The minimum absolute atomic E-state index is 0.316. The third kappa shape index (κ3) is 4.99. The van der Waals surface area contributed by atoms with Crippen LogP contribution in [0, 0.1) is 0 Å². The monoisotopic (exact) mass is 590 g/mol. The van der Waals surface area contributed by atoms with E-state index in [1.807, 2.05) is 0 Å². The SMILES string of the molecule is CCOC(=O)c1ccccc1C(C)(CC(F)(F)C(F)(F)C(F)(F)C(F)(F)C(F)(F)C(F)(F)C(F)(F)F)OC. The average molecular weight is 590 g/mol. The van der Waals surface area contributed by atoms with Crippen LogP contribution in [0.2, 0.25) is 0 Å². The smallest absolute Gasteiger partial charge is 0.460 e. The van der Waals surface area contributed by atoms with E-state index < -0.39 is 70.8 Å². The zero-order valence-corrected chi connectivity index (χ0v) is 19.1. The number of methoxy groups -OCH3 is 1. The third-order valence-electron chi connectivity index (χ3n) is 5.39. The first kappa shape index (κ1) is 33.6. The third-order valence-corrected chi connectivity index (χ3v) is 5.39. The molecule has 3 nitrogen and oxygen atoms in total. The highest BCUT2D eigenvalue weighted by Gasteiger charge is 2.93. The second-order valence-corrected chi connectivity index (χ2v) is 7.95. The molecular formula is C20H17F15O3. The van der Waals surface area contributed by atoms with Crippen molar-refractivity contribution >= 4 is 5.97 Å². The van der Waals surface area contributed by atoms with Crippen LogP contribution in [0.4, 0.5) is 65.9 Å². The maximum atomic E-state index is 14.6. The molecule has 0 amide bonds. The number of hydrogen-bond donors (Lipinski definition) is 0. The second kappa shape index (κ2) is 9.97. The van der Waals surface area contributed by atoms with Crippen molar-refractivity contribution in [3.05, 3.63) is 35.4 Å². The van der Waals surface area contributed by atoms with Crippen molar-refractivity contribution in [2.45, 2.75) is 67.6 Å². The van der Waals surface area contributed by atoms with Crippen LogP contribution in [0.15, 0.2) is 24.3 Å². The molecule has 0 saturated heterocycles. The van der Waals surface area contributed by atoms with E-state index in [4.69, 9.17) is 0 Å². The van der Waals surface area contributed by atoms with Gasteiger partial charge in [-0.15, -0.1) is 0 Å². The van der Waals surface area contributed by atoms with Crippen LogP contribution in [-0.4, -0.2) is 61.4 Å². The van der Waals surface area contributed by atoms with Gasteiger partial charge in [0.15, 0.2) is 0 Å². The fraction of sp³-hybridized carbons (Fsp3) is 0.650. The van der Waals surface area contributed by atoms with Crippen molar-refractivity contribution < 1.29 is 80.1 Å². The number of hydrogen-bond acceptors (Lipinski definition) is 3. The van der Waals surface area contributed by atoms with E-state index >= 15 is 0 Å². The quantitative estimate of drug-likeness (QED) is 0.198. The van der Waals surface area contributed by atoms with E-state index in [9.17, 15) is 70.7 Å². The molecule has 220 valence electrons. The molecule has 0 aliphatic heterocycles. The Morgan fingerprint density at radius 2 is 1.13 bits per heavy atom. The standard InChI is InChI=1S/C20H17F15O3/c1-4-38-12(36)10-7-5-6-8-11(10)13(2,37-3)9-14(21,22)15(23,24)16(25,26)17(27,28)18(29,30)19(31,32)20(33,34)35/h5-8H,4,9H2,1-3H3. The largest absolute Gasteiger partial charge is 0.462 e. The molecular weight excluding hydrogens is 573 g/mol. The molecule has 1 aromatic rings. The molecule has 0 N–H and O–H groups in total. The number of carbonyl (C=O) groups excluding carboxylic acids is 1. The molecule has 1 atom stereocenters. The van der Waals surface area contributed by atoms with Crippen molar-refractivity contribution in [1.29, 1.82) is 0 Å². The predicted octanol–water partition coefficient (Wildman–Crippen LogP) is 7.49. The molecule has 1 rings (SSSR count). The summed E-state index contributed by atoms with van der Waals surface area (Å²) in [5.41, 5.74) is -4.44. The lowest BCUT2D eigenvalue weighted by atomic mass is 9.82. The van der Waals surface area contributed by atoms with Crippen LogP contribution in [-0.2, 0) is 15.1 Å². The van der Waals surface area contributed by atoms with Crippen molar-refractivity contribution in [1.82, 2.24) is 0 Å². The van der Waals surface area contributed by atoms with Gasteiger partial charge in [0.25, 0.3) is 0 Å². The number of ether oxygens (including phenoxy) is 2. The predicted molar refractivity (Wildman–Crippen MR) is 97.1 cm³/mol. The summed E-state index contributed by atoms with van der Waals surface area (Å²) < 4.78 is 212. The zero-order chi connectivity index (χ0) is 30.4. The van der Waals surface area contributed by atoms with Gasteiger partial charge >= 0.3 is 47.7 Å². The molecule has 0 fully saturated rings. The molecule has 0 aromatic heterocycles. The first-order valence-corrected chi connectivity index (χ1v) is 9.89. The number of esters is 1. The van der Waals surface area contributed by atoms with Gasteiger partial charge in [-0.1, -0.05) is 18.2 Å². The van der Waals surface area contributed by atoms with Crippen molar-refractivity contribution in [3.8, 4) is 0 Å². The summed E-state index contributed by atoms with van der Waals surface area (Å²) >= 11 is 0. The van der Waals surface area contributed by atoms with Crippen LogP contribution >= 0.6 is 0 Å². The highest BCUT2D eigenvalue weighted by atomic mass is 19.4. The maximum Gasteiger partial charge on any atom is 0.460 e. The zero-order valence-electron chi connectivity index (χ0n) is 19.1. The summed E-state index contributed by atoms with van der Waals surface area (Å²) in [5, 5.41) is 0. The van der Waals surface area contributed by atoms with Gasteiger partial charge in [0.1, 0.15) is 0 Å². The van der Waals surface area contributed by atoms with Gasteiger partial charge in [-0.3, -0.25) is 0 Å². The summed E-state index contributed by atoms with van der Waals surface area (Å²) in [6.07, 6.45) is -10.5. The fourth-order valence-corrected chi connectivity index (χ4v) is 3.14. The van der Waals surface area contributed by atoms with E-state index in [-0.39, 0.29) is 6.61 Å². The highest BCUT2D eigenvalue weighted by molar-refractivity contribution is 5.91. The van der Waals surface area contributed by atoms with Gasteiger partial charge in [0, 0.05) is 7.11 Å². The topological polar surface area (TPSA) is 35.5 Å². The van der Waals surface area contributed by atoms with Crippen molar-refractivity contribution in [2.75, 3.05) is 13.7 Å². The normalized spacial score (nSPS) is 16.3. The lowest BCUT2D eigenvalue weighted by Gasteiger charge is -2.43. The Balaban J connectivity index is 3.68. The van der Waals surface area contributed by atoms with E-state index in [0.29, 0.717) is 14.0 Å². The Hall–Kier alpha value is -2.40. The molecule has 1 unspecified atom stereocenters. The maximum absolute atomic E-state index is 14.6. The number of benzene rings is 1. The van der Waals surface area contributed by atoms with E-state index in [1.54, 1.807) is 0 Å². The molecule has 0 spiro atoms. The number of rotatable bonds is 11. The van der Waals surface area contributed by atoms with Crippen molar-refractivity contribution in [3.63, 3.8) is 0 Å². The Morgan fingerprint density at radius 3 is 1.55 bits per heavy atom. The molecule has 0 bridgehead atoms. The average Bonchev–Trinajstić information content (AvgIpc) is 2.77. The van der Waals surface area contributed by atoms with Gasteiger partial charge in [-0.05, 0) is 25.5 Å². The summed E-state index contributed by atoms with van der Waals surface area (Å²) in [6, 6.07) is 3.71. The lowest BCUT2D eigenvalue weighted by molar-refractivity contribution is -0.453. The molecule has 0 aliphatic rings. The first-order chi connectivity index (χ1) is 16.7. The lowest BCUT2D eigenvalue weighted by Crippen LogP contribution is -2.72. The Morgan fingerprint density at radius 1 is 0.711 bits per heavy atom. The van der Waals surface area contributed by atoms with E-state index in [0.717, 1.165) is 24.3 Å².